The highest BCUT2D eigenvalue weighted by molar-refractivity contribution is 5.88. The maximum atomic E-state index is 10.9. The molecule has 1 aliphatic heterocycles. The molecule has 7 heteroatoms. The molecule has 1 saturated heterocycles. The van der Waals surface area contributed by atoms with Crippen LogP contribution < -0.4 is 10.2 Å². The van der Waals surface area contributed by atoms with Crippen molar-refractivity contribution in [2.45, 2.75) is 19.8 Å². The number of amides is 1. The van der Waals surface area contributed by atoms with Gasteiger partial charge in [-0.15, -0.1) is 0 Å². The highest BCUT2D eigenvalue weighted by Gasteiger charge is 2.22. The Morgan fingerprint density at radius 1 is 1.42 bits per heavy atom. The molecular weight excluding hydrogens is 250 g/mol. The molecule has 0 atom stereocenters. The number of hydrogen-bond acceptors (Lipinski definition) is 4. The van der Waals surface area contributed by atoms with Crippen LogP contribution in [0.15, 0.2) is 12.1 Å². The standard InChI is InChI=1S/C12H15N3O4/c1-8-6-11(15(18)19)9(13-12(16)17)7-10(8)14-4-2-3-5-14/h6-7,13H,2-5H2,1H3,(H,16,17). The topological polar surface area (TPSA) is 95.7 Å². The summed E-state index contributed by atoms with van der Waals surface area (Å²) in [5, 5.41) is 21.8. The molecular formula is C12H15N3O4. The summed E-state index contributed by atoms with van der Waals surface area (Å²) in [5.41, 5.74) is 1.43. The normalized spacial score (nSPS) is 14.5. The Labute approximate surface area is 110 Å². The molecule has 1 aromatic carbocycles. The summed E-state index contributed by atoms with van der Waals surface area (Å²) < 4.78 is 0. The van der Waals surface area contributed by atoms with E-state index in [-0.39, 0.29) is 11.4 Å². The summed E-state index contributed by atoms with van der Waals surface area (Å²) in [4.78, 5) is 23.2. The van der Waals surface area contributed by atoms with Crippen LogP contribution in [0.2, 0.25) is 0 Å². The second-order valence-corrected chi connectivity index (χ2v) is 4.54. The van der Waals surface area contributed by atoms with Crippen LogP contribution in [-0.2, 0) is 0 Å². The van der Waals surface area contributed by atoms with Gasteiger partial charge in [-0.25, -0.2) is 4.79 Å². The molecule has 1 amide bonds. The molecule has 7 nitrogen and oxygen atoms in total. The molecule has 0 aliphatic carbocycles. The van der Waals surface area contributed by atoms with E-state index in [0.717, 1.165) is 37.2 Å². The van der Waals surface area contributed by atoms with Gasteiger partial charge in [0.25, 0.3) is 5.69 Å². The van der Waals surface area contributed by atoms with Gasteiger partial charge in [0.2, 0.25) is 0 Å². The van der Waals surface area contributed by atoms with Crippen molar-refractivity contribution >= 4 is 23.2 Å². The van der Waals surface area contributed by atoms with Crippen LogP contribution in [0.3, 0.4) is 0 Å². The van der Waals surface area contributed by atoms with Crippen LogP contribution in [0.1, 0.15) is 18.4 Å². The minimum Gasteiger partial charge on any atom is -0.465 e. The van der Waals surface area contributed by atoms with Crippen LogP contribution in [0.5, 0.6) is 0 Å². The van der Waals surface area contributed by atoms with Gasteiger partial charge >= 0.3 is 6.09 Å². The van der Waals surface area contributed by atoms with Crippen molar-refractivity contribution in [3.63, 3.8) is 0 Å². The van der Waals surface area contributed by atoms with Crippen molar-refractivity contribution in [2.24, 2.45) is 0 Å². The highest BCUT2D eigenvalue weighted by atomic mass is 16.6. The van der Waals surface area contributed by atoms with E-state index in [4.69, 9.17) is 5.11 Å². The quantitative estimate of drug-likeness (QED) is 0.646. The van der Waals surface area contributed by atoms with Crippen LogP contribution in [-0.4, -0.2) is 29.2 Å². The number of nitro benzene ring substituents is 1. The van der Waals surface area contributed by atoms with Crippen LogP contribution in [0.4, 0.5) is 21.9 Å². The predicted molar refractivity (Wildman–Crippen MR) is 70.9 cm³/mol. The highest BCUT2D eigenvalue weighted by Crippen LogP contribution is 2.34. The summed E-state index contributed by atoms with van der Waals surface area (Å²) >= 11 is 0. The summed E-state index contributed by atoms with van der Waals surface area (Å²) in [7, 11) is 0. The van der Waals surface area contributed by atoms with E-state index in [1.54, 1.807) is 13.0 Å². The lowest BCUT2D eigenvalue weighted by atomic mass is 10.1. The fourth-order valence-electron chi connectivity index (χ4n) is 2.35. The zero-order valence-electron chi connectivity index (χ0n) is 10.5. The molecule has 19 heavy (non-hydrogen) atoms. The van der Waals surface area contributed by atoms with Crippen molar-refractivity contribution < 1.29 is 14.8 Å². The van der Waals surface area contributed by atoms with Crippen LogP contribution >= 0.6 is 0 Å². The van der Waals surface area contributed by atoms with Gasteiger partial charge in [-0.05, 0) is 31.4 Å². The van der Waals surface area contributed by atoms with Gasteiger partial charge in [0.15, 0.2) is 0 Å². The van der Waals surface area contributed by atoms with E-state index in [1.807, 2.05) is 0 Å². The zero-order chi connectivity index (χ0) is 14.0. The summed E-state index contributed by atoms with van der Waals surface area (Å²) in [6, 6.07) is 2.96. The molecule has 1 aromatic rings. The fraction of sp³-hybridized carbons (Fsp3) is 0.417. The first-order chi connectivity index (χ1) is 8.99. The van der Waals surface area contributed by atoms with Crippen molar-refractivity contribution in [3.05, 3.63) is 27.8 Å². The van der Waals surface area contributed by atoms with Gasteiger partial charge in [0, 0.05) is 24.8 Å². The molecule has 2 N–H and O–H groups in total. The van der Waals surface area contributed by atoms with Gasteiger partial charge in [-0.1, -0.05) is 0 Å². The predicted octanol–water partition coefficient (Wildman–Crippen LogP) is 2.59. The second-order valence-electron chi connectivity index (χ2n) is 4.54. The molecule has 0 saturated carbocycles. The van der Waals surface area contributed by atoms with E-state index in [1.165, 1.54) is 6.07 Å². The minimum atomic E-state index is -1.31. The lowest BCUT2D eigenvalue weighted by Gasteiger charge is -2.21. The Morgan fingerprint density at radius 3 is 2.58 bits per heavy atom. The van der Waals surface area contributed by atoms with E-state index in [2.05, 4.69) is 10.2 Å². The van der Waals surface area contributed by atoms with E-state index in [0.29, 0.717) is 0 Å². The number of nitrogens with zero attached hydrogens (tertiary/aromatic N) is 2. The molecule has 0 aromatic heterocycles. The summed E-state index contributed by atoms with van der Waals surface area (Å²) in [5.74, 6) is 0. The first kappa shape index (κ1) is 13.1. The first-order valence-electron chi connectivity index (χ1n) is 6.03. The molecule has 1 fully saturated rings. The SMILES string of the molecule is Cc1cc([N+](=O)[O-])c(NC(=O)O)cc1N1CCCC1. The number of carboxylic acid groups (broad SMARTS) is 1. The number of nitro groups is 1. The van der Waals surface area contributed by atoms with Crippen molar-refractivity contribution in [3.8, 4) is 0 Å². The van der Waals surface area contributed by atoms with E-state index in [9.17, 15) is 14.9 Å². The van der Waals surface area contributed by atoms with Gasteiger partial charge in [-0.3, -0.25) is 15.4 Å². The number of benzene rings is 1. The van der Waals surface area contributed by atoms with Crippen molar-refractivity contribution in [1.29, 1.82) is 0 Å². The monoisotopic (exact) mass is 265 g/mol. The second kappa shape index (κ2) is 5.13. The fourth-order valence-corrected chi connectivity index (χ4v) is 2.35. The summed E-state index contributed by atoms with van der Waals surface area (Å²) in [6.45, 7) is 3.58. The van der Waals surface area contributed by atoms with E-state index >= 15 is 0 Å². The number of anilines is 2. The molecule has 102 valence electrons. The molecule has 0 unspecified atom stereocenters. The molecule has 1 heterocycles. The van der Waals surface area contributed by atoms with Gasteiger partial charge < -0.3 is 10.0 Å². The van der Waals surface area contributed by atoms with Gasteiger partial charge in [-0.2, -0.15) is 0 Å². The Hall–Kier alpha value is -2.31. The van der Waals surface area contributed by atoms with Crippen LogP contribution in [0, 0.1) is 17.0 Å². The Morgan fingerprint density at radius 2 is 2.05 bits per heavy atom. The average Bonchev–Trinajstić information content (AvgIpc) is 2.83. The molecule has 0 spiro atoms. The van der Waals surface area contributed by atoms with Crippen molar-refractivity contribution in [1.82, 2.24) is 0 Å². The maximum Gasteiger partial charge on any atom is 0.409 e. The molecule has 2 rings (SSSR count). The van der Waals surface area contributed by atoms with Gasteiger partial charge in [0.05, 0.1) is 4.92 Å². The largest absolute Gasteiger partial charge is 0.465 e. The van der Waals surface area contributed by atoms with Crippen molar-refractivity contribution in [2.75, 3.05) is 23.3 Å². The lowest BCUT2D eigenvalue weighted by Crippen LogP contribution is -2.19. The number of aryl methyl sites for hydroxylation is 1. The lowest BCUT2D eigenvalue weighted by molar-refractivity contribution is -0.384. The number of carbonyl (C=O) groups is 1. The average molecular weight is 265 g/mol. The number of hydrogen-bond donors (Lipinski definition) is 2. The Kier molecular flexibility index (Phi) is 3.55. The number of nitrogens with one attached hydrogen (secondary N) is 1. The van der Waals surface area contributed by atoms with Gasteiger partial charge in [0.1, 0.15) is 5.69 Å². The van der Waals surface area contributed by atoms with Crippen LogP contribution in [0.25, 0.3) is 0 Å². The molecule has 0 radical (unpaired) electrons. The zero-order valence-corrected chi connectivity index (χ0v) is 10.5. The third-order valence-electron chi connectivity index (χ3n) is 3.20. The van der Waals surface area contributed by atoms with E-state index < -0.39 is 11.0 Å². The number of rotatable bonds is 3. The third-order valence-corrected chi connectivity index (χ3v) is 3.20. The minimum absolute atomic E-state index is 0.0185. The molecule has 0 bridgehead atoms. The Balaban J connectivity index is 2.45. The Bertz CT molecular complexity index is 524. The summed E-state index contributed by atoms with van der Waals surface area (Å²) in [6.07, 6.45) is 0.857. The molecule has 1 aliphatic rings. The first-order valence-corrected chi connectivity index (χ1v) is 6.03. The third kappa shape index (κ3) is 2.75. The smallest absolute Gasteiger partial charge is 0.409 e. The maximum absolute atomic E-state index is 10.9.